The van der Waals surface area contributed by atoms with E-state index in [0.717, 1.165) is 0 Å². The smallest absolute Gasteiger partial charge is 0.0987 e. The highest BCUT2D eigenvalue weighted by molar-refractivity contribution is 4.90. The minimum Gasteiger partial charge on any atom is -0.394 e. The topological polar surface area (TPSA) is 75.7 Å². The second-order valence-corrected chi connectivity index (χ2v) is 2.63. The number of aliphatic hydroxyl groups is 2. The summed E-state index contributed by atoms with van der Waals surface area (Å²) in [6.45, 7) is 1.61. The van der Waals surface area contributed by atoms with Crippen LogP contribution in [0.1, 0.15) is 6.92 Å². The third-order valence-corrected chi connectivity index (χ3v) is 1.87. The van der Waals surface area contributed by atoms with Crippen molar-refractivity contribution in [2.75, 3.05) is 6.61 Å². The molecule has 0 unspecified atom stereocenters. The zero-order chi connectivity index (χ0) is 7.72. The van der Waals surface area contributed by atoms with Gasteiger partial charge in [-0.1, -0.05) is 0 Å². The Morgan fingerprint density at radius 1 is 1.60 bits per heavy atom. The molecule has 0 amide bonds. The molecular weight excluding hydrogens is 134 g/mol. The number of hydrogen-bond donors (Lipinski definition) is 3. The Morgan fingerprint density at radius 2 is 2.20 bits per heavy atom. The van der Waals surface area contributed by atoms with E-state index in [1.54, 1.807) is 6.92 Å². The average molecular weight is 147 g/mol. The van der Waals surface area contributed by atoms with Crippen molar-refractivity contribution >= 4 is 0 Å². The predicted molar refractivity (Wildman–Crippen MR) is 35.4 cm³/mol. The predicted octanol–water partition coefficient (Wildman–Crippen LogP) is -1.55. The van der Waals surface area contributed by atoms with Gasteiger partial charge in [0, 0.05) is 0 Å². The van der Waals surface area contributed by atoms with Gasteiger partial charge in [0.05, 0.1) is 31.0 Å². The van der Waals surface area contributed by atoms with Gasteiger partial charge in [-0.3, -0.25) is 0 Å². The highest BCUT2D eigenvalue weighted by Gasteiger charge is 2.38. The summed E-state index contributed by atoms with van der Waals surface area (Å²) in [5.41, 5.74) is 5.49. The first-order valence-electron chi connectivity index (χ1n) is 3.36. The third-order valence-electron chi connectivity index (χ3n) is 1.87. The van der Waals surface area contributed by atoms with Crippen molar-refractivity contribution in [2.24, 2.45) is 5.73 Å². The fraction of sp³-hybridized carbons (Fsp3) is 1.00. The van der Waals surface area contributed by atoms with Crippen LogP contribution in [0, 0.1) is 0 Å². The highest BCUT2D eigenvalue weighted by atomic mass is 16.5. The monoisotopic (exact) mass is 147 g/mol. The van der Waals surface area contributed by atoms with Gasteiger partial charge in [-0.05, 0) is 6.92 Å². The van der Waals surface area contributed by atoms with Crippen LogP contribution in [-0.4, -0.2) is 41.2 Å². The molecule has 1 aliphatic heterocycles. The Balaban J connectivity index is 2.53. The lowest BCUT2D eigenvalue weighted by Crippen LogP contribution is -2.41. The second kappa shape index (κ2) is 2.84. The van der Waals surface area contributed by atoms with E-state index in [9.17, 15) is 5.11 Å². The van der Waals surface area contributed by atoms with Crippen LogP contribution in [0.15, 0.2) is 0 Å². The largest absolute Gasteiger partial charge is 0.394 e. The van der Waals surface area contributed by atoms with Gasteiger partial charge in [-0.15, -0.1) is 0 Å². The van der Waals surface area contributed by atoms with Crippen molar-refractivity contribution in [3.8, 4) is 0 Å². The van der Waals surface area contributed by atoms with Crippen molar-refractivity contribution in [2.45, 2.75) is 31.3 Å². The molecule has 0 saturated carbocycles. The van der Waals surface area contributed by atoms with Crippen LogP contribution >= 0.6 is 0 Å². The molecule has 10 heavy (non-hydrogen) atoms. The van der Waals surface area contributed by atoms with Gasteiger partial charge in [0.15, 0.2) is 0 Å². The number of hydrogen-bond acceptors (Lipinski definition) is 4. The normalized spacial score (nSPS) is 48.0. The van der Waals surface area contributed by atoms with Crippen LogP contribution in [-0.2, 0) is 4.74 Å². The van der Waals surface area contributed by atoms with Gasteiger partial charge in [0.2, 0.25) is 0 Å². The molecule has 60 valence electrons. The number of nitrogens with two attached hydrogens (primary N) is 1. The molecule has 0 radical (unpaired) electrons. The van der Waals surface area contributed by atoms with Gasteiger partial charge < -0.3 is 20.7 Å². The molecule has 1 fully saturated rings. The molecule has 4 atom stereocenters. The van der Waals surface area contributed by atoms with Gasteiger partial charge in [0.1, 0.15) is 0 Å². The lowest BCUT2D eigenvalue weighted by atomic mass is 10.1. The summed E-state index contributed by atoms with van der Waals surface area (Å²) in [5, 5.41) is 17.9. The van der Waals surface area contributed by atoms with Crippen molar-refractivity contribution < 1.29 is 14.9 Å². The molecule has 4 heteroatoms. The second-order valence-electron chi connectivity index (χ2n) is 2.63. The van der Waals surface area contributed by atoms with Crippen LogP contribution in [0.3, 0.4) is 0 Å². The summed E-state index contributed by atoms with van der Waals surface area (Å²) < 4.78 is 5.11. The Hall–Kier alpha value is -0.160. The number of aliphatic hydroxyl groups excluding tert-OH is 2. The van der Waals surface area contributed by atoms with E-state index in [1.807, 2.05) is 0 Å². The standard InChI is InChI=1S/C6H13NO3/c1-3-6(9)5(7)4(2-8)10-3/h3-6,8-9H,2,7H2,1H3/t3-,4-,5-,6-/m1/s1. The van der Waals surface area contributed by atoms with Crippen LogP contribution in [0.4, 0.5) is 0 Å². The molecule has 1 aliphatic rings. The third kappa shape index (κ3) is 1.15. The first-order chi connectivity index (χ1) is 4.66. The summed E-state index contributed by atoms with van der Waals surface area (Å²) in [5.74, 6) is 0. The summed E-state index contributed by atoms with van der Waals surface area (Å²) in [4.78, 5) is 0. The summed E-state index contributed by atoms with van der Waals surface area (Å²) in [7, 11) is 0. The molecule has 1 saturated heterocycles. The van der Waals surface area contributed by atoms with Crippen LogP contribution in [0.25, 0.3) is 0 Å². The Kier molecular flexibility index (Phi) is 2.25. The molecule has 4 nitrogen and oxygen atoms in total. The maximum Gasteiger partial charge on any atom is 0.0987 e. The zero-order valence-corrected chi connectivity index (χ0v) is 5.90. The summed E-state index contributed by atoms with van der Waals surface area (Å²) in [6, 6.07) is -0.444. The van der Waals surface area contributed by atoms with E-state index in [1.165, 1.54) is 0 Å². The lowest BCUT2D eigenvalue weighted by Gasteiger charge is -2.11. The molecule has 0 aromatic heterocycles. The van der Waals surface area contributed by atoms with Crippen molar-refractivity contribution in [3.63, 3.8) is 0 Å². The number of ether oxygens (including phenoxy) is 1. The molecule has 0 bridgehead atoms. The van der Waals surface area contributed by atoms with E-state index < -0.39 is 18.2 Å². The Morgan fingerprint density at radius 3 is 2.40 bits per heavy atom. The average Bonchev–Trinajstić information content (AvgIpc) is 2.17. The molecule has 4 N–H and O–H groups in total. The number of rotatable bonds is 1. The first-order valence-corrected chi connectivity index (χ1v) is 3.36. The Bertz CT molecular complexity index is 120. The van der Waals surface area contributed by atoms with Crippen LogP contribution in [0.2, 0.25) is 0 Å². The minimum atomic E-state index is -0.642. The first kappa shape index (κ1) is 7.94. The minimum absolute atomic E-state index is 0.122. The highest BCUT2D eigenvalue weighted by Crippen LogP contribution is 2.18. The summed E-state index contributed by atoms with van der Waals surface area (Å²) in [6.07, 6.45) is -1.30. The summed E-state index contributed by atoms with van der Waals surface area (Å²) >= 11 is 0. The van der Waals surface area contributed by atoms with E-state index in [4.69, 9.17) is 15.6 Å². The fourth-order valence-electron chi connectivity index (χ4n) is 1.14. The molecule has 0 aliphatic carbocycles. The van der Waals surface area contributed by atoms with Gasteiger partial charge >= 0.3 is 0 Å². The molecular formula is C6H13NO3. The molecule has 0 spiro atoms. The van der Waals surface area contributed by atoms with E-state index in [2.05, 4.69) is 0 Å². The lowest BCUT2D eigenvalue weighted by molar-refractivity contribution is -0.000140. The van der Waals surface area contributed by atoms with E-state index >= 15 is 0 Å². The fourth-order valence-corrected chi connectivity index (χ4v) is 1.14. The Labute approximate surface area is 59.6 Å². The van der Waals surface area contributed by atoms with Gasteiger partial charge in [-0.25, -0.2) is 0 Å². The van der Waals surface area contributed by atoms with Gasteiger partial charge in [0.25, 0.3) is 0 Å². The van der Waals surface area contributed by atoms with Crippen molar-refractivity contribution in [1.82, 2.24) is 0 Å². The van der Waals surface area contributed by atoms with Crippen LogP contribution in [0.5, 0.6) is 0 Å². The zero-order valence-electron chi connectivity index (χ0n) is 5.90. The van der Waals surface area contributed by atoms with Crippen molar-refractivity contribution in [1.29, 1.82) is 0 Å². The van der Waals surface area contributed by atoms with Crippen LogP contribution < -0.4 is 5.73 Å². The molecule has 1 rings (SSSR count). The van der Waals surface area contributed by atoms with Gasteiger partial charge in [-0.2, -0.15) is 0 Å². The van der Waals surface area contributed by atoms with E-state index in [0.29, 0.717) is 0 Å². The maximum atomic E-state index is 9.21. The molecule has 0 aromatic carbocycles. The maximum absolute atomic E-state index is 9.21. The van der Waals surface area contributed by atoms with Crippen molar-refractivity contribution in [3.05, 3.63) is 0 Å². The molecule has 1 heterocycles. The quantitative estimate of drug-likeness (QED) is 0.420. The molecule has 0 aromatic rings. The SMILES string of the molecule is C[C@H]1O[C@H](CO)[C@@H](N)[C@@H]1O. The van der Waals surface area contributed by atoms with E-state index in [-0.39, 0.29) is 12.7 Å².